The molecule has 1 aromatic heterocycles. The fraction of sp³-hybridized carbons (Fsp3) is 0.294. The van der Waals surface area contributed by atoms with E-state index >= 15 is 0 Å². The van der Waals surface area contributed by atoms with Crippen LogP contribution in [0.4, 0.5) is 5.69 Å². The summed E-state index contributed by atoms with van der Waals surface area (Å²) in [5, 5.41) is 2.60. The molecule has 2 rings (SSSR count). The van der Waals surface area contributed by atoms with Crippen molar-refractivity contribution in [1.82, 2.24) is 9.97 Å². The quantitative estimate of drug-likeness (QED) is 0.651. The van der Waals surface area contributed by atoms with Crippen molar-refractivity contribution in [3.05, 3.63) is 62.4 Å². The number of benzene rings is 1. The predicted molar refractivity (Wildman–Crippen MR) is 91.6 cm³/mol. The number of aromatic amines is 2. The maximum atomic E-state index is 11.8. The number of ether oxygens (including phenoxy) is 1. The number of hydrogen-bond donors (Lipinski definition) is 3. The summed E-state index contributed by atoms with van der Waals surface area (Å²) in [6, 6.07) is 7.41. The maximum Gasteiger partial charge on any atom is 0.345 e. The molecular formula is C17H19N3O5. The lowest BCUT2D eigenvalue weighted by atomic mass is 10.1. The van der Waals surface area contributed by atoms with Gasteiger partial charge in [0.15, 0.2) is 6.61 Å². The molecule has 1 amide bonds. The molecule has 132 valence electrons. The number of esters is 1. The van der Waals surface area contributed by atoms with Crippen LogP contribution in [0.2, 0.25) is 0 Å². The van der Waals surface area contributed by atoms with Gasteiger partial charge in [-0.25, -0.2) is 9.59 Å². The van der Waals surface area contributed by atoms with Crippen LogP contribution in [0.3, 0.4) is 0 Å². The number of carbonyl (C=O) groups excluding carboxylic acids is 2. The third-order valence-electron chi connectivity index (χ3n) is 3.43. The molecule has 8 heteroatoms. The highest BCUT2D eigenvalue weighted by molar-refractivity contribution is 5.95. The van der Waals surface area contributed by atoms with Gasteiger partial charge in [0.05, 0.1) is 0 Å². The van der Waals surface area contributed by atoms with Gasteiger partial charge in [-0.15, -0.1) is 0 Å². The molecule has 0 atom stereocenters. The first-order valence-electron chi connectivity index (χ1n) is 7.87. The van der Waals surface area contributed by atoms with E-state index in [0.29, 0.717) is 5.69 Å². The molecule has 0 bridgehead atoms. The molecular weight excluding hydrogens is 326 g/mol. The average Bonchev–Trinajstić information content (AvgIpc) is 2.59. The van der Waals surface area contributed by atoms with Gasteiger partial charge in [-0.3, -0.25) is 14.6 Å². The summed E-state index contributed by atoms with van der Waals surface area (Å²) in [7, 11) is 0. The fourth-order valence-electron chi connectivity index (χ4n) is 2.10. The monoisotopic (exact) mass is 345 g/mol. The van der Waals surface area contributed by atoms with Crippen molar-refractivity contribution in [3.63, 3.8) is 0 Å². The highest BCUT2D eigenvalue weighted by Crippen LogP contribution is 2.11. The van der Waals surface area contributed by atoms with Crippen molar-refractivity contribution < 1.29 is 14.3 Å². The second-order valence-electron chi connectivity index (χ2n) is 5.41. The minimum Gasteiger partial charge on any atom is -0.452 e. The molecule has 2 aromatic rings. The molecule has 0 saturated carbocycles. The first-order chi connectivity index (χ1) is 12.0. The second kappa shape index (κ2) is 8.62. The molecule has 0 aliphatic rings. The number of unbranched alkanes of at least 4 members (excludes halogenated alkanes) is 1. The van der Waals surface area contributed by atoms with Crippen LogP contribution in [-0.4, -0.2) is 28.5 Å². The predicted octanol–water partition coefficient (Wildman–Crippen LogP) is 1.20. The van der Waals surface area contributed by atoms with Crippen molar-refractivity contribution in [2.75, 3.05) is 11.9 Å². The Balaban J connectivity index is 1.86. The Morgan fingerprint density at radius 1 is 1.16 bits per heavy atom. The minimum atomic E-state index is -0.998. The van der Waals surface area contributed by atoms with E-state index in [4.69, 9.17) is 4.74 Å². The van der Waals surface area contributed by atoms with E-state index in [1.54, 1.807) is 12.1 Å². The molecule has 1 aromatic carbocycles. The SMILES string of the molecule is CCCCc1ccc(NC(=O)COC(=O)c2c[nH]c(=O)[nH]c2=O)cc1. The van der Waals surface area contributed by atoms with Gasteiger partial charge in [0.1, 0.15) is 5.56 Å². The Morgan fingerprint density at radius 3 is 2.52 bits per heavy atom. The Bertz CT molecular complexity index is 852. The van der Waals surface area contributed by atoms with Gasteiger partial charge < -0.3 is 15.0 Å². The van der Waals surface area contributed by atoms with Gasteiger partial charge in [-0.2, -0.15) is 0 Å². The summed E-state index contributed by atoms with van der Waals surface area (Å²) < 4.78 is 4.77. The number of rotatable bonds is 7. The van der Waals surface area contributed by atoms with Gasteiger partial charge >= 0.3 is 11.7 Å². The number of anilines is 1. The van der Waals surface area contributed by atoms with Crippen LogP contribution in [0.5, 0.6) is 0 Å². The van der Waals surface area contributed by atoms with E-state index in [-0.39, 0.29) is 5.56 Å². The molecule has 0 saturated heterocycles. The number of aromatic nitrogens is 2. The minimum absolute atomic E-state index is 0.382. The standard InChI is InChI=1S/C17H19N3O5/c1-2-3-4-11-5-7-12(8-6-11)19-14(21)10-25-16(23)13-9-18-17(24)20-15(13)22/h5-9H,2-4,10H2,1H3,(H,19,21)(H2,18,20,22,24). The first kappa shape index (κ1) is 18.2. The summed E-state index contributed by atoms with van der Waals surface area (Å²) in [5.74, 6) is -1.53. The number of nitrogens with one attached hydrogen (secondary N) is 3. The van der Waals surface area contributed by atoms with Crippen molar-refractivity contribution in [2.45, 2.75) is 26.2 Å². The third kappa shape index (κ3) is 5.45. The van der Waals surface area contributed by atoms with E-state index in [1.807, 2.05) is 17.1 Å². The van der Waals surface area contributed by atoms with Crippen LogP contribution in [-0.2, 0) is 16.0 Å². The summed E-state index contributed by atoms with van der Waals surface area (Å²) in [6.45, 7) is 1.58. The van der Waals surface area contributed by atoms with Gasteiger partial charge in [-0.1, -0.05) is 25.5 Å². The van der Waals surface area contributed by atoms with Crippen LogP contribution in [0.1, 0.15) is 35.7 Å². The van der Waals surface area contributed by atoms with E-state index in [2.05, 4.69) is 17.2 Å². The smallest absolute Gasteiger partial charge is 0.345 e. The van der Waals surface area contributed by atoms with Crippen LogP contribution >= 0.6 is 0 Å². The number of amides is 1. The highest BCUT2D eigenvalue weighted by Gasteiger charge is 2.14. The number of H-pyrrole nitrogens is 2. The Hall–Kier alpha value is -3.16. The molecule has 0 aliphatic carbocycles. The lowest BCUT2D eigenvalue weighted by Gasteiger charge is -2.07. The normalized spacial score (nSPS) is 10.3. The van der Waals surface area contributed by atoms with E-state index in [0.717, 1.165) is 25.5 Å². The van der Waals surface area contributed by atoms with Gasteiger partial charge in [0.2, 0.25) is 0 Å². The molecule has 3 N–H and O–H groups in total. The summed E-state index contributed by atoms with van der Waals surface area (Å²) in [4.78, 5) is 49.9. The molecule has 0 radical (unpaired) electrons. The third-order valence-corrected chi connectivity index (χ3v) is 3.43. The zero-order valence-corrected chi connectivity index (χ0v) is 13.8. The molecule has 0 unspecified atom stereocenters. The van der Waals surface area contributed by atoms with Gasteiger partial charge in [-0.05, 0) is 30.5 Å². The number of aryl methyl sites for hydroxylation is 1. The van der Waals surface area contributed by atoms with Crippen LogP contribution in [0.25, 0.3) is 0 Å². The van der Waals surface area contributed by atoms with Crippen LogP contribution in [0.15, 0.2) is 40.1 Å². The van der Waals surface area contributed by atoms with Crippen LogP contribution in [0, 0.1) is 0 Å². The number of carbonyl (C=O) groups is 2. The van der Waals surface area contributed by atoms with Gasteiger partial charge in [0, 0.05) is 11.9 Å². The van der Waals surface area contributed by atoms with E-state index < -0.39 is 29.7 Å². The topological polar surface area (TPSA) is 121 Å². The summed E-state index contributed by atoms with van der Waals surface area (Å²) in [5.41, 5.74) is -0.224. The lowest BCUT2D eigenvalue weighted by molar-refractivity contribution is -0.119. The second-order valence-corrected chi connectivity index (χ2v) is 5.41. The highest BCUT2D eigenvalue weighted by atomic mass is 16.5. The maximum absolute atomic E-state index is 11.8. The molecule has 0 aliphatic heterocycles. The Morgan fingerprint density at radius 2 is 1.88 bits per heavy atom. The van der Waals surface area contributed by atoms with Crippen molar-refractivity contribution in [2.24, 2.45) is 0 Å². The largest absolute Gasteiger partial charge is 0.452 e. The molecule has 0 fully saturated rings. The van der Waals surface area contributed by atoms with E-state index in [9.17, 15) is 19.2 Å². The molecule has 8 nitrogen and oxygen atoms in total. The summed E-state index contributed by atoms with van der Waals surface area (Å²) >= 11 is 0. The fourth-order valence-corrected chi connectivity index (χ4v) is 2.10. The number of hydrogen-bond acceptors (Lipinski definition) is 5. The lowest BCUT2D eigenvalue weighted by Crippen LogP contribution is -2.29. The zero-order chi connectivity index (χ0) is 18.2. The van der Waals surface area contributed by atoms with Crippen molar-refractivity contribution in [3.8, 4) is 0 Å². The summed E-state index contributed by atoms with van der Waals surface area (Å²) in [6.07, 6.45) is 4.14. The molecule has 0 spiro atoms. The zero-order valence-electron chi connectivity index (χ0n) is 13.8. The first-order valence-corrected chi connectivity index (χ1v) is 7.87. The average molecular weight is 345 g/mol. The molecule has 1 heterocycles. The van der Waals surface area contributed by atoms with Crippen molar-refractivity contribution >= 4 is 17.6 Å². The van der Waals surface area contributed by atoms with E-state index in [1.165, 1.54) is 5.56 Å². The van der Waals surface area contributed by atoms with Crippen molar-refractivity contribution in [1.29, 1.82) is 0 Å². The van der Waals surface area contributed by atoms with Crippen LogP contribution < -0.4 is 16.6 Å². The van der Waals surface area contributed by atoms with Gasteiger partial charge in [0.25, 0.3) is 11.5 Å². The molecule has 25 heavy (non-hydrogen) atoms. The Kier molecular flexibility index (Phi) is 6.27. The Labute approximate surface area is 143 Å².